The average molecular weight is 519 g/mol. The third-order valence-corrected chi connectivity index (χ3v) is 7.52. The minimum atomic E-state index is -0.579. The van der Waals surface area contributed by atoms with E-state index in [1.165, 1.54) is 18.4 Å². The number of carbonyl (C=O) groups excluding carboxylic acids is 1. The van der Waals surface area contributed by atoms with E-state index in [2.05, 4.69) is 6.07 Å². The van der Waals surface area contributed by atoms with E-state index >= 15 is 0 Å². The molecule has 3 aromatic carbocycles. The zero-order chi connectivity index (χ0) is 25.4. The molecule has 2 heterocycles. The molecule has 2 N–H and O–H groups in total. The van der Waals surface area contributed by atoms with Gasteiger partial charge in [-0.2, -0.15) is 5.26 Å². The van der Waals surface area contributed by atoms with Crippen LogP contribution in [0.5, 0.6) is 23.0 Å². The summed E-state index contributed by atoms with van der Waals surface area (Å²) in [7, 11) is 3.07. The molecule has 5 rings (SSSR count). The van der Waals surface area contributed by atoms with Gasteiger partial charge in [0.15, 0.2) is 11.5 Å². The van der Waals surface area contributed by atoms with E-state index < -0.39 is 11.9 Å². The van der Waals surface area contributed by atoms with Crippen molar-refractivity contribution in [1.29, 1.82) is 5.26 Å². The van der Waals surface area contributed by atoms with Crippen molar-refractivity contribution in [3.63, 3.8) is 0 Å². The molecule has 0 amide bonds. The molecular weight excluding hydrogens is 500 g/mol. The van der Waals surface area contributed by atoms with E-state index in [0.717, 1.165) is 10.1 Å². The molecule has 7 nitrogen and oxygen atoms in total. The molecule has 1 unspecified atom stereocenters. The highest BCUT2D eigenvalue weighted by molar-refractivity contribution is 7.21. The topological polar surface area (TPSA) is 104 Å². The number of para-hydroxylation sites is 1. The van der Waals surface area contributed by atoms with Gasteiger partial charge in [0.05, 0.1) is 25.2 Å². The summed E-state index contributed by atoms with van der Waals surface area (Å²) >= 11 is 7.70. The van der Waals surface area contributed by atoms with Crippen LogP contribution >= 0.6 is 22.9 Å². The summed E-state index contributed by atoms with van der Waals surface area (Å²) < 4.78 is 23.3. The van der Waals surface area contributed by atoms with Crippen molar-refractivity contribution in [2.24, 2.45) is 5.73 Å². The first-order chi connectivity index (χ1) is 17.5. The predicted octanol–water partition coefficient (Wildman–Crippen LogP) is 6.01. The first-order valence-corrected chi connectivity index (χ1v) is 12.0. The van der Waals surface area contributed by atoms with Gasteiger partial charge < -0.3 is 24.7 Å². The van der Waals surface area contributed by atoms with Crippen LogP contribution in [0, 0.1) is 11.3 Å². The van der Waals surface area contributed by atoms with Gasteiger partial charge in [-0.05, 0) is 18.2 Å². The van der Waals surface area contributed by atoms with Crippen LogP contribution in [0.4, 0.5) is 0 Å². The Labute approximate surface area is 215 Å². The van der Waals surface area contributed by atoms with Gasteiger partial charge in [0.1, 0.15) is 28.0 Å². The van der Waals surface area contributed by atoms with Crippen molar-refractivity contribution in [2.75, 3.05) is 14.2 Å². The lowest BCUT2D eigenvalue weighted by molar-refractivity contribution is 0.0740. The number of hydrogen-bond donors (Lipinski definition) is 1. The first kappa shape index (κ1) is 23.5. The van der Waals surface area contributed by atoms with Crippen LogP contribution in [0.3, 0.4) is 0 Å². The maximum atomic E-state index is 12.9. The number of nitrogens with zero attached hydrogens (tertiary/aromatic N) is 1. The molecule has 0 bridgehead atoms. The highest BCUT2D eigenvalue weighted by atomic mass is 35.5. The molecule has 0 aliphatic carbocycles. The summed E-state index contributed by atoms with van der Waals surface area (Å²) in [5.41, 5.74) is 7.71. The molecule has 4 aromatic rings. The number of halogens is 1. The number of allylic oxidation sites excluding steroid dienone is 1. The van der Waals surface area contributed by atoms with Gasteiger partial charge >= 0.3 is 5.97 Å². The zero-order valence-electron chi connectivity index (χ0n) is 19.2. The molecule has 0 radical (unpaired) electrons. The van der Waals surface area contributed by atoms with Crippen molar-refractivity contribution in [1.82, 2.24) is 0 Å². The minimum Gasteiger partial charge on any atom is -0.493 e. The average Bonchev–Trinajstić information content (AvgIpc) is 3.23. The fourth-order valence-corrected chi connectivity index (χ4v) is 5.64. The van der Waals surface area contributed by atoms with Crippen LogP contribution in [-0.4, -0.2) is 20.2 Å². The number of nitriles is 1. The summed E-state index contributed by atoms with van der Waals surface area (Å²) in [4.78, 5) is 13.2. The van der Waals surface area contributed by atoms with E-state index in [-0.39, 0.29) is 17.2 Å². The second kappa shape index (κ2) is 9.46. The Morgan fingerprint density at radius 1 is 1.08 bits per heavy atom. The number of hydrogen-bond acceptors (Lipinski definition) is 8. The van der Waals surface area contributed by atoms with Crippen molar-refractivity contribution in [3.8, 4) is 29.1 Å². The van der Waals surface area contributed by atoms with Gasteiger partial charge in [-0.15, -0.1) is 11.3 Å². The van der Waals surface area contributed by atoms with Crippen LogP contribution in [0.1, 0.15) is 26.7 Å². The molecule has 9 heteroatoms. The number of fused-ring (bicyclic) bond motifs is 2. The number of methoxy groups -OCH3 is 2. The summed E-state index contributed by atoms with van der Waals surface area (Å²) in [6.45, 7) is 0. The molecule has 180 valence electrons. The normalized spacial score (nSPS) is 14.6. The summed E-state index contributed by atoms with van der Waals surface area (Å²) in [6, 6.07) is 20.0. The van der Waals surface area contributed by atoms with Crippen molar-refractivity contribution < 1.29 is 23.7 Å². The van der Waals surface area contributed by atoms with E-state index in [0.29, 0.717) is 38.3 Å². The van der Waals surface area contributed by atoms with E-state index in [1.54, 1.807) is 31.4 Å². The van der Waals surface area contributed by atoms with E-state index in [1.807, 2.05) is 36.4 Å². The molecule has 0 fully saturated rings. The SMILES string of the molecule is COc1cccc(C2C(C#N)=C(N)Oc3cc(OC(=O)c4sc5ccccc5c4Cl)ccc32)c1OC. The molecule has 0 spiro atoms. The van der Waals surface area contributed by atoms with Gasteiger partial charge in [0.25, 0.3) is 0 Å². The lowest BCUT2D eigenvalue weighted by Crippen LogP contribution is -2.21. The quantitative estimate of drug-likeness (QED) is 0.255. The number of benzene rings is 3. The minimum absolute atomic E-state index is 0.0455. The number of carbonyl (C=O) groups is 1. The van der Waals surface area contributed by atoms with Gasteiger partial charge in [-0.1, -0.05) is 48.0 Å². The summed E-state index contributed by atoms with van der Waals surface area (Å²) in [6.07, 6.45) is 0. The Balaban J connectivity index is 1.53. The fraction of sp³-hybridized carbons (Fsp3) is 0.111. The molecule has 1 aromatic heterocycles. The van der Waals surface area contributed by atoms with E-state index in [4.69, 9.17) is 36.3 Å². The lowest BCUT2D eigenvalue weighted by Gasteiger charge is -2.28. The van der Waals surface area contributed by atoms with Crippen LogP contribution in [0.15, 0.2) is 72.1 Å². The standard InChI is InChI=1S/C27H19ClN2O5S/c1-32-19-8-5-7-17(24(19)33-2)22-15-11-10-14(12-20(15)35-26(30)18(22)13-29)34-27(31)25-23(28)16-6-3-4-9-21(16)36-25/h3-12,22H,30H2,1-2H3. The summed E-state index contributed by atoms with van der Waals surface area (Å²) in [5.74, 6) is 0.398. The second-order valence-corrected chi connectivity index (χ2v) is 9.27. The smallest absolute Gasteiger partial charge is 0.355 e. The molecule has 1 aliphatic rings. The second-order valence-electron chi connectivity index (χ2n) is 7.84. The van der Waals surface area contributed by atoms with Gasteiger partial charge in [0, 0.05) is 27.3 Å². The third kappa shape index (κ3) is 3.88. The molecular formula is C27H19ClN2O5S. The first-order valence-electron chi connectivity index (χ1n) is 10.8. The zero-order valence-corrected chi connectivity index (χ0v) is 20.8. The highest BCUT2D eigenvalue weighted by Crippen LogP contribution is 2.48. The molecule has 36 heavy (non-hydrogen) atoms. The van der Waals surface area contributed by atoms with Gasteiger partial charge in [-0.3, -0.25) is 0 Å². The van der Waals surface area contributed by atoms with Crippen molar-refractivity contribution >= 4 is 39.0 Å². The maximum absolute atomic E-state index is 12.9. The monoisotopic (exact) mass is 518 g/mol. The van der Waals surface area contributed by atoms with Gasteiger partial charge in [-0.25, -0.2) is 4.79 Å². The number of esters is 1. The number of thiophene rings is 1. The van der Waals surface area contributed by atoms with Crippen LogP contribution in [0.2, 0.25) is 5.02 Å². The van der Waals surface area contributed by atoms with Crippen LogP contribution in [0.25, 0.3) is 10.1 Å². The Hall–Kier alpha value is -4.19. The van der Waals surface area contributed by atoms with Crippen molar-refractivity contribution in [2.45, 2.75) is 5.92 Å². The molecule has 0 saturated carbocycles. The predicted molar refractivity (Wildman–Crippen MR) is 137 cm³/mol. The van der Waals surface area contributed by atoms with E-state index in [9.17, 15) is 10.1 Å². The Morgan fingerprint density at radius 2 is 1.89 bits per heavy atom. The number of nitrogens with two attached hydrogens (primary N) is 1. The maximum Gasteiger partial charge on any atom is 0.355 e. The largest absolute Gasteiger partial charge is 0.493 e. The molecule has 1 aliphatic heterocycles. The number of ether oxygens (including phenoxy) is 4. The lowest BCUT2D eigenvalue weighted by atomic mass is 9.83. The Morgan fingerprint density at radius 3 is 2.61 bits per heavy atom. The molecule has 0 saturated heterocycles. The number of rotatable bonds is 5. The van der Waals surface area contributed by atoms with Crippen LogP contribution < -0.4 is 24.7 Å². The Kier molecular flexibility index (Phi) is 6.18. The summed E-state index contributed by atoms with van der Waals surface area (Å²) in [5, 5.41) is 11.0. The Bertz CT molecular complexity index is 1590. The highest BCUT2D eigenvalue weighted by Gasteiger charge is 2.34. The third-order valence-electron chi connectivity index (χ3n) is 5.87. The van der Waals surface area contributed by atoms with Gasteiger partial charge in [0.2, 0.25) is 5.88 Å². The van der Waals surface area contributed by atoms with Crippen molar-refractivity contribution in [3.05, 3.63) is 93.1 Å². The fourth-order valence-electron chi connectivity index (χ4n) is 4.26. The van der Waals surface area contributed by atoms with Crippen LogP contribution in [-0.2, 0) is 0 Å². The molecule has 1 atom stereocenters.